The third kappa shape index (κ3) is 17.7. The zero-order chi connectivity index (χ0) is 64.1. The number of esters is 4. The maximum absolute atomic E-state index is 12.5. The van der Waals surface area contributed by atoms with Gasteiger partial charge < -0.3 is 28.4 Å². The van der Waals surface area contributed by atoms with E-state index in [1.54, 1.807) is 35.4 Å². The third-order valence-corrected chi connectivity index (χ3v) is 26.2. The van der Waals surface area contributed by atoms with Gasteiger partial charge in [0.15, 0.2) is 0 Å². The van der Waals surface area contributed by atoms with Crippen molar-refractivity contribution in [2.24, 2.45) is 92.7 Å². The van der Waals surface area contributed by atoms with Gasteiger partial charge in [-0.3, -0.25) is 19.2 Å². The third-order valence-electron chi connectivity index (χ3n) is 26.2. The van der Waals surface area contributed by atoms with Crippen LogP contribution in [0.2, 0.25) is 0 Å². The quantitative estimate of drug-likeness (QED) is 0.0217. The van der Waals surface area contributed by atoms with E-state index in [1.807, 2.05) is 0 Å². The predicted molar refractivity (Wildman–Crippen MR) is 360 cm³/mol. The first kappa shape index (κ1) is 70.8. The second-order valence-electron chi connectivity index (χ2n) is 32.8. The van der Waals surface area contributed by atoms with Gasteiger partial charge in [0, 0.05) is 13.2 Å². The van der Waals surface area contributed by atoms with Gasteiger partial charge in [0.1, 0.15) is 26.1 Å². The van der Waals surface area contributed by atoms with Crippen molar-refractivity contribution in [1.29, 1.82) is 0 Å². The molecule has 0 saturated heterocycles. The summed E-state index contributed by atoms with van der Waals surface area (Å²) < 4.78 is 34.5. The number of allylic oxidation sites excluding steroid dienone is 2. The van der Waals surface area contributed by atoms with Gasteiger partial charge in [-0.15, -0.1) is 0 Å². The molecule has 16 atom stereocenters. The fraction of sp³-hybridized carbons (Fsp3) is 0.825. The zero-order valence-corrected chi connectivity index (χ0v) is 58.5. The van der Waals surface area contributed by atoms with Crippen LogP contribution < -0.4 is 0 Å². The van der Waals surface area contributed by atoms with Crippen LogP contribution in [0.4, 0.5) is 0 Å². The smallest absolute Gasteiger partial charge is 0.317 e. The molecule has 0 unspecified atom stereocenters. The van der Waals surface area contributed by atoms with E-state index >= 15 is 0 Å². The minimum atomic E-state index is -0.660. The fourth-order valence-corrected chi connectivity index (χ4v) is 21.2. The molecule has 10 heteroatoms. The highest BCUT2D eigenvalue weighted by atomic mass is 16.6. The molecule has 8 aliphatic rings. The molecular formula is C80H126O10. The predicted octanol–water partition coefficient (Wildman–Crippen LogP) is 19.6. The number of benzene rings is 1. The molecule has 506 valence electrons. The lowest BCUT2D eigenvalue weighted by atomic mass is 9.47. The van der Waals surface area contributed by atoms with Gasteiger partial charge in [0.25, 0.3) is 0 Å². The Morgan fingerprint density at radius 1 is 0.444 bits per heavy atom. The summed E-state index contributed by atoms with van der Waals surface area (Å²) in [5.74, 6) is 7.78. The van der Waals surface area contributed by atoms with E-state index in [0.29, 0.717) is 45.0 Å². The Morgan fingerprint density at radius 3 is 1.26 bits per heavy atom. The van der Waals surface area contributed by atoms with Crippen molar-refractivity contribution in [3.63, 3.8) is 0 Å². The number of carbonyl (C=O) groups excluding carboxylic acids is 4. The summed E-state index contributed by atoms with van der Waals surface area (Å²) in [5, 5.41) is 0. The molecule has 0 aliphatic heterocycles. The Morgan fingerprint density at radius 2 is 0.844 bits per heavy atom. The van der Waals surface area contributed by atoms with Crippen molar-refractivity contribution in [3.8, 4) is 0 Å². The van der Waals surface area contributed by atoms with Gasteiger partial charge in [-0.2, -0.15) is 0 Å². The summed E-state index contributed by atoms with van der Waals surface area (Å²) >= 11 is 0. The van der Waals surface area contributed by atoms with Crippen LogP contribution in [0.25, 0.3) is 0 Å². The van der Waals surface area contributed by atoms with E-state index in [4.69, 9.17) is 28.4 Å². The van der Waals surface area contributed by atoms with Crippen LogP contribution in [-0.4, -0.2) is 62.5 Å². The Kier molecular flexibility index (Phi) is 25.8. The lowest BCUT2D eigenvalue weighted by Crippen LogP contribution is -2.51. The standard InChI is InChI=1S/C80H126O10/c1-55(2)22-19-24-57(5)67-32-34-69-65-30-28-61-49-63(36-40-77(61,7)71(65)38-42-79(67,69)9)85-44-15-11-13-17-46-87-73(81)51-75(83)89-53-59-26-21-27-60(48-59)54-90-76(84)52-74(82)88-47-18-14-12-16-45-86-64-37-41-78(8)62(50-64)29-31-66-70-35-33-68(58(6)25-20-23-56(3)4)80(70,10)43-39-72(66)78/h21,26-29,48,55-58,63-72H,11-20,22-25,30-47,49-54H2,1-10H3/t57-,58-,63+,64+,65+,66+,67-,68-,69+,70+,71+,72+,77+,78+,79-,80-/m1/s1. The van der Waals surface area contributed by atoms with Gasteiger partial charge in [-0.05, 0) is 251 Å². The van der Waals surface area contributed by atoms with Crippen molar-refractivity contribution in [3.05, 3.63) is 58.7 Å². The molecule has 0 N–H and O–H groups in total. The van der Waals surface area contributed by atoms with Crippen LogP contribution in [-0.2, 0) is 60.8 Å². The Bertz CT molecular complexity index is 2380. The monoisotopic (exact) mass is 1250 g/mol. The average Bonchev–Trinajstić information content (AvgIpc) is 1.35. The molecule has 6 saturated carbocycles. The van der Waals surface area contributed by atoms with Gasteiger partial charge in [0.05, 0.1) is 25.4 Å². The Labute approximate surface area is 546 Å². The van der Waals surface area contributed by atoms with E-state index in [-0.39, 0.29) is 26.4 Å². The topological polar surface area (TPSA) is 124 Å². The van der Waals surface area contributed by atoms with Crippen LogP contribution in [0.5, 0.6) is 0 Å². The Hall–Kier alpha value is -3.50. The molecule has 10 nitrogen and oxygen atoms in total. The molecular weight excluding hydrogens is 1120 g/mol. The molecule has 90 heavy (non-hydrogen) atoms. The summed E-state index contributed by atoms with van der Waals surface area (Å²) in [6.45, 7) is 27.3. The van der Waals surface area contributed by atoms with Gasteiger partial charge in [-0.25, -0.2) is 0 Å². The van der Waals surface area contributed by atoms with Crippen molar-refractivity contribution < 1.29 is 47.6 Å². The maximum Gasteiger partial charge on any atom is 0.317 e. The number of fused-ring (bicyclic) bond motifs is 10. The molecule has 6 fully saturated rings. The summed E-state index contributed by atoms with van der Waals surface area (Å²) in [5.41, 5.74) is 6.49. The molecule has 0 heterocycles. The van der Waals surface area contributed by atoms with Gasteiger partial charge in [-0.1, -0.05) is 162 Å². The summed E-state index contributed by atoms with van der Waals surface area (Å²) in [6.07, 6.45) is 41.8. The van der Waals surface area contributed by atoms with Crippen LogP contribution >= 0.6 is 0 Å². The first-order valence-electron chi connectivity index (χ1n) is 37.5. The number of hydrogen-bond donors (Lipinski definition) is 0. The molecule has 0 spiro atoms. The van der Waals surface area contributed by atoms with Crippen molar-refractivity contribution in [1.82, 2.24) is 0 Å². The number of hydrogen-bond acceptors (Lipinski definition) is 10. The van der Waals surface area contributed by atoms with E-state index in [9.17, 15) is 19.2 Å². The van der Waals surface area contributed by atoms with Crippen molar-refractivity contribution in [2.75, 3.05) is 26.4 Å². The zero-order valence-electron chi connectivity index (χ0n) is 58.5. The number of unbranched alkanes of at least 4 members (excludes halogenated alkanes) is 6. The van der Waals surface area contributed by atoms with Gasteiger partial charge >= 0.3 is 23.9 Å². The second kappa shape index (κ2) is 32.8. The highest BCUT2D eigenvalue weighted by molar-refractivity contribution is 5.91. The molecule has 0 aromatic heterocycles. The summed E-state index contributed by atoms with van der Waals surface area (Å²) in [4.78, 5) is 50.0. The van der Waals surface area contributed by atoms with Crippen LogP contribution in [0.3, 0.4) is 0 Å². The van der Waals surface area contributed by atoms with E-state index < -0.39 is 36.7 Å². The van der Waals surface area contributed by atoms with E-state index in [0.717, 1.165) is 161 Å². The molecule has 1 aromatic rings. The lowest BCUT2D eigenvalue weighted by molar-refractivity contribution is -0.157. The molecule has 1 aromatic carbocycles. The molecule has 9 rings (SSSR count). The first-order chi connectivity index (χ1) is 43.2. The minimum Gasteiger partial charge on any atom is -0.465 e. The minimum absolute atomic E-state index is 0.0368. The van der Waals surface area contributed by atoms with Crippen LogP contribution in [0.1, 0.15) is 286 Å². The first-order valence-corrected chi connectivity index (χ1v) is 37.5. The summed E-state index contributed by atoms with van der Waals surface area (Å²) in [7, 11) is 0. The molecule has 8 aliphatic carbocycles. The maximum atomic E-state index is 12.5. The highest BCUT2D eigenvalue weighted by Crippen LogP contribution is 2.69. The number of rotatable bonds is 34. The van der Waals surface area contributed by atoms with E-state index in [2.05, 4.69) is 81.4 Å². The van der Waals surface area contributed by atoms with Crippen LogP contribution in [0, 0.1) is 92.7 Å². The van der Waals surface area contributed by atoms with Crippen molar-refractivity contribution >= 4 is 23.9 Å². The van der Waals surface area contributed by atoms with Crippen molar-refractivity contribution in [2.45, 2.75) is 300 Å². The van der Waals surface area contributed by atoms with Gasteiger partial charge in [0.2, 0.25) is 0 Å². The second-order valence-corrected chi connectivity index (χ2v) is 32.8. The molecule has 0 radical (unpaired) electrons. The Balaban J connectivity index is 0.557. The average molecular weight is 1250 g/mol. The largest absolute Gasteiger partial charge is 0.465 e. The SMILES string of the molecule is CC(C)CCC[C@@H](C)[C@H]1CC[C@H]2[C@@H]3CC=C4C[C@@H](OCCCCCCOC(=O)CC(=O)OCc5cccc(COC(=O)CC(=O)OCCCCCCO[C@H]6CC[C@@]7(C)C(=CC[C@H]8[C@@H]9CC[C@H]([C@H](C)CCCC(C)C)[C@@]9(C)CC[C@@H]87)C6)c5)CC[C@]4(C)[C@H]3CC[C@]12C. The number of ether oxygens (including phenoxy) is 6. The highest BCUT2D eigenvalue weighted by Gasteiger charge is 2.61. The summed E-state index contributed by atoms with van der Waals surface area (Å²) in [6, 6.07) is 7.13. The normalized spacial score (nSPS) is 33.3. The molecule has 0 amide bonds. The number of carbonyl (C=O) groups is 4. The van der Waals surface area contributed by atoms with Crippen LogP contribution in [0.15, 0.2) is 47.6 Å². The van der Waals surface area contributed by atoms with E-state index in [1.165, 1.54) is 116 Å². The lowest BCUT2D eigenvalue weighted by Gasteiger charge is -2.58. The fourth-order valence-electron chi connectivity index (χ4n) is 21.2. The molecule has 0 bridgehead atoms.